The Morgan fingerprint density at radius 3 is 2.90 bits per heavy atom. The van der Waals surface area contributed by atoms with Crippen LogP contribution in [0.5, 0.6) is 0 Å². The number of aromatic amines is 1. The van der Waals surface area contributed by atoms with Crippen molar-refractivity contribution in [1.29, 1.82) is 0 Å². The number of nitrogens with zero attached hydrogens (tertiary/aromatic N) is 2. The zero-order valence-electron chi connectivity index (χ0n) is 11.7. The van der Waals surface area contributed by atoms with E-state index in [1.54, 1.807) is 4.31 Å². The Morgan fingerprint density at radius 2 is 2.25 bits per heavy atom. The second-order valence-corrected chi connectivity index (χ2v) is 7.79. The molecular weight excluding hydrogens is 276 g/mol. The first-order chi connectivity index (χ1) is 9.52. The lowest BCUT2D eigenvalue weighted by Gasteiger charge is -2.29. The minimum atomic E-state index is -3.45. The minimum absolute atomic E-state index is 0.141. The van der Waals surface area contributed by atoms with Crippen LogP contribution in [0.2, 0.25) is 0 Å². The van der Waals surface area contributed by atoms with E-state index in [4.69, 9.17) is 5.73 Å². The van der Waals surface area contributed by atoms with Crippen molar-refractivity contribution < 1.29 is 8.42 Å². The Hall–Kier alpha value is -0.920. The highest BCUT2D eigenvalue weighted by Crippen LogP contribution is 2.37. The predicted molar refractivity (Wildman–Crippen MR) is 75.5 cm³/mol. The van der Waals surface area contributed by atoms with Gasteiger partial charge in [-0.05, 0) is 24.7 Å². The average molecular weight is 298 g/mol. The predicted octanol–water partition coefficient (Wildman–Crippen LogP) is 0.720. The van der Waals surface area contributed by atoms with Crippen LogP contribution >= 0.6 is 0 Å². The second kappa shape index (κ2) is 5.13. The molecule has 1 saturated carbocycles. The molecule has 0 amide bonds. The van der Waals surface area contributed by atoms with Crippen LogP contribution in [-0.4, -0.2) is 41.8 Å². The van der Waals surface area contributed by atoms with Crippen LogP contribution < -0.4 is 5.73 Å². The third kappa shape index (κ3) is 2.27. The number of H-pyrrole nitrogens is 1. The van der Waals surface area contributed by atoms with Crippen LogP contribution in [0.3, 0.4) is 0 Å². The van der Waals surface area contributed by atoms with Gasteiger partial charge in [-0.15, -0.1) is 0 Å². The van der Waals surface area contributed by atoms with Gasteiger partial charge >= 0.3 is 0 Å². The third-order valence-corrected chi connectivity index (χ3v) is 6.42. The molecular formula is C13H22N4O2S. The highest BCUT2D eigenvalue weighted by Gasteiger charge is 2.43. The van der Waals surface area contributed by atoms with Gasteiger partial charge in [0.15, 0.2) is 5.03 Å². The van der Waals surface area contributed by atoms with Gasteiger partial charge in [-0.2, -0.15) is 4.31 Å². The lowest BCUT2D eigenvalue weighted by atomic mass is 9.78. The van der Waals surface area contributed by atoms with E-state index in [9.17, 15) is 8.42 Å². The number of hydrogen-bond donors (Lipinski definition) is 2. The van der Waals surface area contributed by atoms with Gasteiger partial charge in [0.1, 0.15) is 5.82 Å². The molecule has 0 aromatic carbocycles. The number of sulfonamides is 1. The Bertz CT molecular complexity index is 583. The fourth-order valence-corrected chi connectivity index (χ4v) is 4.93. The van der Waals surface area contributed by atoms with Gasteiger partial charge in [-0.25, -0.2) is 13.4 Å². The van der Waals surface area contributed by atoms with Crippen molar-refractivity contribution in [3.05, 3.63) is 12.0 Å². The molecule has 112 valence electrons. The smallest absolute Gasteiger partial charge is 0.260 e. The maximum atomic E-state index is 12.6. The summed E-state index contributed by atoms with van der Waals surface area (Å²) < 4.78 is 26.8. The van der Waals surface area contributed by atoms with Crippen LogP contribution in [0.15, 0.2) is 11.2 Å². The lowest BCUT2D eigenvalue weighted by Crippen LogP contribution is -2.38. The molecule has 1 aromatic rings. The van der Waals surface area contributed by atoms with Crippen molar-refractivity contribution in [1.82, 2.24) is 14.3 Å². The minimum Gasteiger partial charge on any atom is -0.332 e. The number of rotatable bonds is 3. The summed E-state index contributed by atoms with van der Waals surface area (Å²) in [7, 11) is -3.45. The summed E-state index contributed by atoms with van der Waals surface area (Å²) in [4.78, 5) is 6.99. The summed E-state index contributed by atoms with van der Waals surface area (Å²) in [6.45, 7) is 3.09. The number of fused-ring (bicyclic) bond motifs is 1. The van der Waals surface area contributed by atoms with Crippen LogP contribution in [0.4, 0.5) is 0 Å². The van der Waals surface area contributed by atoms with Crippen molar-refractivity contribution in [2.75, 3.05) is 13.1 Å². The van der Waals surface area contributed by atoms with Crippen molar-refractivity contribution in [2.24, 2.45) is 17.6 Å². The summed E-state index contributed by atoms with van der Waals surface area (Å²) in [6.07, 6.45) is 5.34. The number of imidazole rings is 1. The fraction of sp³-hybridized carbons (Fsp3) is 0.769. The molecule has 6 nitrogen and oxygen atoms in total. The molecule has 0 spiro atoms. The quantitative estimate of drug-likeness (QED) is 0.860. The van der Waals surface area contributed by atoms with E-state index < -0.39 is 10.0 Å². The van der Waals surface area contributed by atoms with Crippen LogP contribution in [0, 0.1) is 11.8 Å². The summed E-state index contributed by atoms with van der Waals surface area (Å²) >= 11 is 0. The Morgan fingerprint density at radius 1 is 1.45 bits per heavy atom. The summed E-state index contributed by atoms with van der Waals surface area (Å²) in [6, 6.07) is 0.141. The molecule has 7 heteroatoms. The van der Waals surface area contributed by atoms with E-state index in [2.05, 4.69) is 9.97 Å². The Labute approximate surface area is 119 Å². The summed E-state index contributed by atoms with van der Waals surface area (Å²) in [5, 5.41) is 0.210. The van der Waals surface area contributed by atoms with E-state index in [1.807, 2.05) is 6.92 Å². The van der Waals surface area contributed by atoms with Crippen molar-refractivity contribution >= 4 is 10.0 Å². The van der Waals surface area contributed by atoms with E-state index in [1.165, 1.54) is 6.20 Å². The molecule has 20 heavy (non-hydrogen) atoms. The van der Waals surface area contributed by atoms with Gasteiger partial charge in [0.05, 0.1) is 6.20 Å². The molecule has 1 aliphatic carbocycles. The molecule has 2 aliphatic rings. The maximum Gasteiger partial charge on any atom is 0.260 e. The first kappa shape index (κ1) is 14.0. The number of nitrogens with one attached hydrogen (secondary N) is 1. The molecule has 3 rings (SSSR count). The van der Waals surface area contributed by atoms with Crippen molar-refractivity contribution in [3.8, 4) is 0 Å². The molecule has 0 radical (unpaired) electrons. The Kier molecular flexibility index (Phi) is 3.60. The van der Waals surface area contributed by atoms with Crippen LogP contribution in [0.1, 0.15) is 32.0 Å². The summed E-state index contributed by atoms with van der Waals surface area (Å²) in [5.41, 5.74) is 6.15. The second-order valence-electron chi connectivity index (χ2n) is 5.89. The number of aromatic nitrogens is 2. The van der Waals surface area contributed by atoms with Crippen LogP contribution in [-0.2, 0) is 16.4 Å². The molecule has 2 fully saturated rings. The van der Waals surface area contributed by atoms with Gasteiger partial charge in [-0.1, -0.05) is 13.3 Å². The topological polar surface area (TPSA) is 92.1 Å². The molecule has 3 atom stereocenters. The standard InChI is InChI=1S/C13H22N4O2S/c1-2-12-15-6-13(16-12)20(18,19)17-7-9-4-3-5-11(14)10(9)8-17/h6,9-11H,2-5,7-8,14H2,1H3,(H,15,16). The van der Waals surface area contributed by atoms with Gasteiger partial charge in [-0.3, -0.25) is 0 Å². The van der Waals surface area contributed by atoms with E-state index in [-0.39, 0.29) is 11.1 Å². The SMILES string of the molecule is CCc1ncc(S(=O)(=O)N2CC3CCCC(N)C3C2)[nH]1. The molecule has 1 aliphatic heterocycles. The number of hydrogen-bond acceptors (Lipinski definition) is 4. The van der Waals surface area contributed by atoms with Gasteiger partial charge < -0.3 is 10.7 Å². The van der Waals surface area contributed by atoms with Crippen LogP contribution in [0.25, 0.3) is 0 Å². The first-order valence-electron chi connectivity index (χ1n) is 7.32. The van der Waals surface area contributed by atoms with E-state index in [0.29, 0.717) is 37.2 Å². The molecule has 3 N–H and O–H groups in total. The molecule has 3 unspecified atom stereocenters. The number of aryl methyl sites for hydroxylation is 1. The number of nitrogens with two attached hydrogens (primary N) is 1. The highest BCUT2D eigenvalue weighted by molar-refractivity contribution is 7.89. The van der Waals surface area contributed by atoms with Gasteiger partial charge in [0.2, 0.25) is 0 Å². The maximum absolute atomic E-state index is 12.6. The third-order valence-electron chi connectivity index (χ3n) is 4.68. The highest BCUT2D eigenvalue weighted by atomic mass is 32.2. The Balaban J connectivity index is 1.82. The van der Waals surface area contributed by atoms with Gasteiger partial charge in [0.25, 0.3) is 10.0 Å². The van der Waals surface area contributed by atoms with Crippen molar-refractivity contribution in [3.63, 3.8) is 0 Å². The first-order valence-corrected chi connectivity index (χ1v) is 8.76. The summed E-state index contributed by atoms with van der Waals surface area (Å²) in [5.74, 6) is 1.44. The lowest BCUT2D eigenvalue weighted by molar-refractivity contribution is 0.260. The van der Waals surface area contributed by atoms with E-state index >= 15 is 0 Å². The molecule has 1 aromatic heterocycles. The van der Waals surface area contributed by atoms with E-state index in [0.717, 1.165) is 19.3 Å². The monoisotopic (exact) mass is 298 g/mol. The molecule has 2 heterocycles. The zero-order valence-corrected chi connectivity index (χ0v) is 12.6. The zero-order chi connectivity index (χ0) is 14.3. The largest absolute Gasteiger partial charge is 0.332 e. The average Bonchev–Trinajstić information content (AvgIpc) is 3.06. The molecule has 1 saturated heterocycles. The fourth-order valence-electron chi connectivity index (χ4n) is 3.47. The van der Waals surface area contributed by atoms with Crippen molar-refractivity contribution in [2.45, 2.75) is 43.7 Å². The molecule has 0 bridgehead atoms. The van der Waals surface area contributed by atoms with Gasteiger partial charge in [0, 0.05) is 25.6 Å². The normalized spacial score (nSPS) is 31.4.